The van der Waals surface area contributed by atoms with E-state index < -0.39 is 15.9 Å². The molecular weight excluding hydrogens is 318 g/mol. The zero-order valence-electron chi connectivity index (χ0n) is 13.4. The van der Waals surface area contributed by atoms with Gasteiger partial charge in [-0.3, -0.25) is 9.69 Å². The van der Waals surface area contributed by atoms with Crippen LogP contribution in [0.15, 0.2) is 23.1 Å². The average Bonchev–Trinajstić information content (AvgIpc) is 2.98. The molecule has 7 nitrogen and oxygen atoms in total. The molecule has 0 aromatic heterocycles. The van der Waals surface area contributed by atoms with Crippen molar-refractivity contribution in [1.82, 2.24) is 10.2 Å². The molecular formula is C15H23N3O4S. The number of sulfonamides is 1. The van der Waals surface area contributed by atoms with E-state index in [2.05, 4.69) is 17.1 Å². The van der Waals surface area contributed by atoms with Crippen LogP contribution in [0.5, 0.6) is 5.75 Å². The summed E-state index contributed by atoms with van der Waals surface area (Å²) in [5.74, 6) is -0.0607. The molecule has 0 aliphatic carbocycles. The van der Waals surface area contributed by atoms with Crippen molar-refractivity contribution >= 4 is 15.9 Å². The summed E-state index contributed by atoms with van der Waals surface area (Å²) in [5, 5.41) is 8.00. The lowest BCUT2D eigenvalue weighted by atomic mass is 10.1. The summed E-state index contributed by atoms with van der Waals surface area (Å²) in [6, 6.07) is 4.43. The first-order valence-electron chi connectivity index (χ1n) is 7.60. The van der Waals surface area contributed by atoms with E-state index in [4.69, 9.17) is 9.88 Å². The molecule has 0 radical (unpaired) electrons. The van der Waals surface area contributed by atoms with Gasteiger partial charge in [-0.05, 0) is 44.1 Å². The maximum absolute atomic E-state index is 12.4. The molecule has 1 aliphatic rings. The van der Waals surface area contributed by atoms with Crippen molar-refractivity contribution in [2.24, 2.45) is 5.14 Å². The molecule has 23 heavy (non-hydrogen) atoms. The van der Waals surface area contributed by atoms with Gasteiger partial charge in [-0.15, -0.1) is 0 Å². The van der Waals surface area contributed by atoms with E-state index in [9.17, 15) is 13.2 Å². The standard InChI is InChI=1S/C15H23N3O4S/c1-3-18-8-4-5-11(18)10-17-15(19)13-9-12(22-2)6-7-14(13)23(16,20)21/h6-7,9,11H,3-5,8,10H2,1-2H3,(H,17,19)(H2,16,20,21)/t11-/m1/s1. The summed E-state index contributed by atoms with van der Waals surface area (Å²) in [5.41, 5.74) is 0.00731. The molecule has 8 heteroatoms. The number of primary sulfonamides is 1. The Bertz CT molecular complexity index is 675. The summed E-state index contributed by atoms with van der Waals surface area (Å²) < 4.78 is 28.4. The van der Waals surface area contributed by atoms with Crippen LogP contribution < -0.4 is 15.2 Å². The molecule has 128 valence electrons. The number of carbonyl (C=O) groups is 1. The number of methoxy groups -OCH3 is 1. The third-order valence-electron chi connectivity index (χ3n) is 4.14. The summed E-state index contributed by atoms with van der Waals surface area (Å²) in [7, 11) is -2.53. The molecule has 1 saturated heterocycles. The monoisotopic (exact) mass is 341 g/mol. The van der Waals surface area contributed by atoms with Gasteiger partial charge in [0.15, 0.2) is 0 Å². The maximum Gasteiger partial charge on any atom is 0.252 e. The second-order valence-corrected chi connectivity index (χ2v) is 7.07. The van der Waals surface area contributed by atoms with Gasteiger partial charge in [-0.2, -0.15) is 0 Å². The highest BCUT2D eigenvalue weighted by Crippen LogP contribution is 2.21. The number of nitrogens with zero attached hydrogens (tertiary/aromatic N) is 1. The quantitative estimate of drug-likeness (QED) is 0.787. The molecule has 1 heterocycles. The number of rotatable bonds is 6. The SMILES string of the molecule is CCN1CCC[C@@H]1CNC(=O)c1cc(OC)ccc1S(N)(=O)=O. The number of carbonyl (C=O) groups excluding carboxylic acids is 1. The van der Waals surface area contributed by atoms with E-state index in [-0.39, 0.29) is 16.5 Å². The molecule has 0 spiro atoms. The average molecular weight is 341 g/mol. The Labute approximate surface area is 136 Å². The van der Waals surface area contributed by atoms with Gasteiger partial charge >= 0.3 is 0 Å². The fraction of sp³-hybridized carbons (Fsp3) is 0.533. The fourth-order valence-electron chi connectivity index (χ4n) is 2.91. The normalized spacial score (nSPS) is 18.8. The van der Waals surface area contributed by atoms with Crippen LogP contribution in [0.25, 0.3) is 0 Å². The van der Waals surface area contributed by atoms with Gasteiger partial charge in [0.1, 0.15) is 5.75 Å². The van der Waals surface area contributed by atoms with Crippen molar-refractivity contribution in [2.75, 3.05) is 26.7 Å². The number of ether oxygens (including phenoxy) is 1. The predicted octanol–water partition coefficient (Wildman–Crippen LogP) is 0.557. The minimum atomic E-state index is -3.98. The lowest BCUT2D eigenvalue weighted by Gasteiger charge is -2.23. The first kappa shape index (κ1) is 17.7. The number of nitrogens with two attached hydrogens (primary N) is 1. The number of amides is 1. The number of likely N-dealkylation sites (N-methyl/N-ethyl adjacent to an activating group) is 1. The summed E-state index contributed by atoms with van der Waals surface area (Å²) in [6.07, 6.45) is 2.13. The largest absolute Gasteiger partial charge is 0.497 e. The van der Waals surface area contributed by atoms with Crippen LogP contribution in [0.3, 0.4) is 0 Å². The molecule has 2 rings (SSSR count). The highest BCUT2D eigenvalue weighted by molar-refractivity contribution is 7.89. The minimum Gasteiger partial charge on any atom is -0.497 e. The van der Waals surface area contributed by atoms with Gasteiger partial charge in [0.25, 0.3) is 5.91 Å². The number of likely N-dealkylation sites (tertiary alicyclic amines) is 1. The third kappa shape index (κ3) is 4.21. The van der Waals surface area contributed by atoms with Crippen molar-refractivity contribution in [3.63, 3.8) is 0 Å². The first-order chi connectivity index (χ1) is 10.9. The minimum absolute atomic E-state index is 0.00731. The predicted molar refractivity (Wildman–Crippen MR) is 87.0 cm³/mol. The molecule has 0 saturated carbocycles. The first-order valence-corrected chi connectivity index (χ1v) is 9.14. The smallest absolute Gasteiger partial charge is 0.252 e. The van der Waals surface area contributed by atoms with E-state index in [0.29, 0.717) is 12.3 Å². The zero-order valence-corrected chi connectivity index (χ0v) is 14.2. The van der Waals surface area contributed by atoms with Crippen molar-refractivity contribution < 1.29 is 17.9 Å². The van der Waals surface area contributed by atoms with Gasteiger partial charge in [0.05, 0.1) is 17.6 Å². The second-order valence-electron chi connectivity index (χ2n) is 5.54. The van der Waals surface area contributed by atoms with Crippen LogP contribution in [-0.4, -0.2) is 52.0 Å². The summed E-state index contributed by atoms with van der Waals surface area (Å²) >= 11 is 0. The van der Waals surface area contributed by atoms with Crippen LogP contribution >= 0.6 is 0 Å². The van der Waals surface area contributed by atoms with Crippen LogP contribution in [-0.2, 0) is 10.0 Å². The van der Waals surface area contributed by atoms with Gasteiger partial charge in [-0.1, -0.05) is 6.92 Å². The van der Waals surface area contributed by atoms with Crippen molar-refractivity contribution in [1.29, 1.82) is 0 Å². The molecule has 1 aromatic rings. The Morgan fingerprint density at radius 3 is 2.83 bits per heavy atom. The number of benzene rings is 1. The van der Waals surface area contributed by atoms with E-state index in [1.165, 1.54) is 25.3 Å². The molecule has 1 fully saturated rings. The molecule has 1 aliphatic heterocycles. The summed E-state index contributed by atoms with van der Waals surface area (Å²) in [6.45, 7) is 4.52. The number of hydrogen-bond donors (Lipinski definition) is 2. The maximum atomic E-state index is 12.4. The lowest BCUT2D eigenvalue weighted by Crippen LogP contribution is -2.40. The molecule has 1 aromatic carbocycles. The second kappa shape index (κ2) is 7.29. The summed E-state index contributed by atoms with van der Waals surface area (Å²) in [4.78, 5) is 14.5. The Morgan fingerprint density at radius 1 is 1.48 bits per heavy atom. The Kier molecular flexibility index (Phi) is 5.61. The van der Waals surface area contributed by atoms with Gasteiger partial charge in [0, 0.05) is 12.6 Å². The third-order valence-corrected chi connectivity index (χ3v) is 5.11. The van der Waals surface area contributed by atoms with Crippen LogP contribution in [0.2, 0.25) is 0 Å². The van der Waals surface area contributed by atoms with E-state index in [1.807, 2.05) is 0 Å². The van der Waals surface area contributed by atoms with Crippen LogP contribution in [0, 0.1) is 0 Å². The van der Waals surface area contributed by atoms with Crippen LogP contribution in [0.1, 0.15) is 30.1 Å². The Morgan fingerprint density at radius 2 is 2.22 bits per heavy atom. The highest BCUT2D eigenvalue weighted by atomic mass is 32.2. The Hall–Kier alpha value is -1.64. The molecule has 3 N–H and O–H groups in total. The van der Waals surface area contributed by atoms with Gasteiger partial charge < -0.3 is 10.1 Å². The lowest BCUT2D eigenvalue weighted by molar-refractivity contribution is 0.0937. The van der Waals surface area contributed by atoms with Crippen molar-refractivity contribution in [2.45, 2.75) is 30.7 Å². The van der Waals surface area contributed by atoms with Gasteiger partial charge in [0.2, 0.25) is 10.0 Å². The zero-order chi connectivity index (χ0) is 17.0. The van der Waals surface area contributed by atoms with Crippen molar-refractivity contribution in [3.8, 4) is 5.75 Å². The topological polar surface area (TPSA) is 102 Å². The molecule has 0 bridgehead atoms. The van der Waals surface area contributed by atoms with E-state index in [1.54, 1.807) is 0 Å². The Balaban J connectivity index is 2.17. The van der Waals surface area contributed by atoms with Gasteiger partial charge in [-0.25, -0.2) is 13.6 Å². The highest BCUT2D eigenvalue weighted by Gasteiger charge is 2.25. The fourth-order valence-corrected chi connectivity index (χ4v) is 3.63. The molecule has 1 amide bonds. The van der Waals surface area contributed by atoms with Crippen LogP contribution in [0.4, 0.5) is 0 Å². The van der Waals surface area contributed by atoms with E-state index in [0.717, 1.165) is 25.9 Å². The molecule has 1 atom stereocenters. The van der Waals surface area contributed by atoms with Crippen molar-refractivity contribution in [3.05, 3.63) is 23.8 Å². The van der Waals surface area contributed by atoms with E-state index >= 15 is 0 Å². The number of nitrogens with one attached hydrogen (secondary N) is 1. The molecule has 0 unspecified atom stereocenters. The number of hydrogen-bond acceptors (Lipinski definition) is 5.